The number of halogens is 10. The summed E-state index contributed by atoms with van der Waals surface area (Å²) in [4.78, 5) is 0. The van der Waals surface area contributed by atoms with Gasteiger partial charge in [0.25, 0.3) is 0 Å². The highest BCUT2D eigenvalue weighted by molar-refractivity contribution is 5.07. The van der Waals surface area contributed by atoms with E-state index in [-0.39, 0.29) is 0 Å². The summed E-state index contributed by atoms with van der Waals surface area (Å²) < 4.78 is 121. The zero-order valence-electron chi connectivity index (χ0n) is 7.64. The molecule has 0 saturated heterocycles. The topological polar surface area (TPSA) is 0 Å². The lowest BCUT2D eigenvalue weighted by Gasteiger charge is -2.34. The molecule has 0 amide bonds. The number of rotatable bonds is 4. The Morgan fingerprint density at radius 1 is 0.765 bits per heavy atom. The Kier molecular flexibility index (Phi) is 3.83. The van der Waals surface area contributed by atoms with Crippen LogP contribution < -0.4 is 0 Å². The lowest BCUT2D eigenvalue weighted by atomic mass is 10.00. The van der Waals surface area contributed by atoms with Gasteiger partial charge in [0.15, 0.2) is 6.17 Å². The predicted octanol–water partition coefficient (Wildman–Crippen LogP) is 3.98. The van der Waals surface area contributed by atoms with Crippen molar-refractivity contribution < 1.29 is 43.9 Å². The molecule has 0 fully saturated rings. The second kappa shape index (κ2) is 4.05. The molecule has 0 aliphatic rings. The minimum atomic E-state index is -7.07. The van der Waals surface area contributed by atoms with Crippen LogP contribution in [0.25, 0.3) is 0 Å². The van der Waals surface area contributed by atoms with Gasteiger partial charge in [-0.25, -0.2) is 4.39 Å². The smallest absolute Gasteiger partial charge is 0.236 e. The van der Waals surface area contributed by atoms with Gasteiger partial charge in [0, 0.05) is 0 Å². The normalized spacial score (nSPS) is 16.8. The first-order valence-electron chi connectivity index (χ1n) is 3.70. The molecule has 0 spiro atoms. The van der Waals surface area contributed by atoms with Crippen molar-refractivity contribution in [1.82, 2.24) is 0 Å². The standard InChI is InChI=1S/C7H4F10/c1-2-3(8)4(9,10)5(11,12)6(13,14)7(15,16)17/h2-3H,1H2. The molecule has 17 heavy (non-hydrogen) atoms. The molecule has 0 N–H and O–H groups in total. The summed E-state index contributed by atoms with van der Waals surface area (Å²) >= 11 is 0. The fourth-order valence-corrected chi connectivity index (χ4v) is 0.709. The monoisotopic (exact) mass is 278 g/mol. The highest BCUT2D eigenvalue weighted by atomic mass is 19.4. The molecule has 102 valence electrons. The van der Waals surface area contributed by atoms with Crippen LogP contribution >= 0.6 is 0 Å². The number of alkyl halides is 10. The van der Waals surface area contributed by atoms with Gasteiger partial charge in [-0.05, 0) is 0 Å². The summed E-state index contributed by atoms with van der Waals surface area (Å²) in [6.45, 7) is 2.27. The zero-order valence-corrected chi connectivity index (χ0v) is 7.64. The Bertz CT molecular complexity index is 288. The lowest BCUT2D eigenvalue weighted by molar-refractivity contribution is -0.400. The van der Waals surface area contributed by atoms with Crippen molar-refractivity contribution in [2.24, 2.45) is 0 Å². The largest absolute Gasteiger partial charge is 0.460 e. The van der Waals surface area contributed by atoms with Gasteiger partial charge >= 0.3 is 23.9 Å². The highest BCUT2D eigenvalue weighted by Crippen LogP contribution is 2.54. The first-order valence-corrected chi connectivity index (χ1v) is 3.70. The average molecular weight is 278 g/mol. The van der Waals surface area contributed by atoms with Crippen LogP contribution in [0.3, 0.4) is 0 Å². The van der Waals surface area contributed by atoms with Crippen LogP contribution in [0.5, 0.6) is 0 Å². The molecule has 0 rings (SSSR count). The highest BCUT2D eigenvalue weighted by Gasteiger charge is 2.83. The Labute approximate surface area is 87.9 Å². The molecular weight excluding hydrogens is 274 g/mol. The van der Waals surface area contributed by atoms with Crippen molar-refractivity contribution in [3.05, 3.63) is 12.7 Å². The van der Waals surface area contributed by atoms with E-state index in [9.17, 15) is 43.9 Å². The Hall–Kier alpha value is -0.960. The summed E-state index contributed by atoms with van der Waals surface area (Å²) in [5.74, 6) is -20.3. The SMILES string of the molecule is C=CC(F)C(F)(F)C(F)(F)C(F)(F)C(F)(F)F. The van der Waals surface area contributed by atoms with Gasteiger partial charge in [-0.15, -0.1) is 0 Å². The number of allylic oxidation sites excluding steroid dienone is 1. The van der Waals surface area contributed by atoms with Crippen molar-refractivity contribution in [1.29, 1.82) is 0 Å². The lowest BCUT2D eigenvalue weighted by Crippen LogP contribution is -2.63. The molecule has 0 nitrogen and oxygen atoms in total. The quantitative estimate of drug-likeness (QED) is 0.539. The maximum atomic E-state index is 12.4. The van der Waals surface area contributed by atoms with Crippen LogP contribution in [0.4, 0.5) is 43.9 Å². The van der Waals surface area contributed by atoms with E-state index in [1.54, 1.807) is 0 Å². The summed E-state index contributed by atoms with van der Waals surface area (Å²) in [5.41, 5.74) is 0. The molecule has 0 radical (unpaired) electrons. The molecule has 0 aliphatic heterocycles. The van der Waals surface area contributed by atoms with E-state index in [1.807, 2.05) is 0 Å². The molecule has 1 atom stereocenters. The van der Waals surface area contributed by atoms with Crippen molar-refractivity contribution in [3.8, 4) is 0 Å². The fraction of sp³-hybridized carbons (Fsp3) is 0.714. The number of hydrogen-bond acceptors (Lipinski definition) is 0. The molecule has 0 saturated carbocycles. The van der Waals surface area contributed by atoms with Crippen molar-refractivity contribution in [2.75, 3.05) is 0 Å². The van der Waals surface area contributed by atoms with Gasteiger partial charge in [0.2, 0.25) is 0 Å². The van der Waals surface area contributed by atoms with Gasteiger partial charge in [-0.2, -0.15) is 39.5 Å². The summed E-state index contributed by atoms with van der Waals surface area (Å²) in [6, 6.07) is 0. The maximum absolute atomic E-state index is 12.4. The van der Waals surface area contributed by atoms with Crippen LogP contribution in [0.15, 0.2) is 12.7 Å². The van der Waals surface area contributed by atoms with Crippen molar-refractivity contribution in [2.45, 2.75) is 30.1 Å². The van der Waals surface area contributed by atoms with E-state index in [4.69, 9.17) is 0 Å². The second-order valence-corrected chi connectivity index (χ2v) is 2.91. The van der Waals surface area contributed by atoms with Crippen LogP contribution in [0, 0.1) is 0 Å². The minimum absolute atomic E-state index is 0.500. The first-order chi connectivity index (χ1) is 7.23. The molecule has 0 bridgehead atoms. The number of hydrogen-bond donors (Lipinski definition) is 0. The third-order valence-corrected chi connectivity index (χ3v) is 1.72. The van der Waals surface area contributed by atoms with E-state index in [0.717, 1.165) is 0 Å². The molecule has 10 heteroatoms. The van der Waals surface area contributed by atoms with E-state index < -0.39 is 36.2 Å². The van der Waals surface area contributed by atoms with Gasteiger partial charge < -0.3 is 0 Å². The fourth-order valence-electron chi connectivity index (χ4n) is 0.709. The molecule has 0 heterocycles. The summed E-state index contributed by atoms with van der Waals surface area (Å²) in [7, 11) is 0. The Balaban J connectivity index is 5.63. The van der Waals surface area contributed by atoms with Gasteiger partial charge in [-0.1, -0.05) is 12.7 Å². The first kappa shape index (κ1) is 16.0. The van der Waals surface area contributed by atoms with Crippen LogP contribution in [0.1, 0.15) is 0 Å². The van der Waals surface area contributed by atoms with Crippen molar-refractivity contribution >= 4 is 0 Å². The van der Waals surface area contributed by atoms with Crippen LogP contribution in [0.2, 0.25) is 0 Å². The molecule has 0 aromatic carbocycles. The van der Waals surface area contributed by atoms with Crippen LogP contribution in [-0.4, -0.2) is 30.1 Å². The van der Waals surface area contributed by atoms with Gasteiger partial charge in [-0.3, -0.25) is 0 Å². The Morgan fingerprint density at radius 3 is 1.35 bits per heavy atom. The summed E-state index contributed by atoms with van der Waals surface area (Å²) in [5, 5.41) is 0. The van der Waals surface area contributed by atoms with E-state index in [2.05, 4.69) is 6.58 Å². The van der Waals surface area contributed by atoms with Gasteiger partial charge in [0.05, 0.1) is 0 Å². The zero-order chi connectivity index (χ0) is 14.3. The van der Waals surface area contributed by atoms with Crippen LogP contribution in [-0.2, 0) is 0 Å². The minimum Gasteiger partial charge on any atom is -0.236 e. The molecule has 0 aromatic rings. The van der Waals surface area contributed by atoms with E-state index in [0.29, 0.717) is 0 Å². The molecule has 1 unspecified atom stereocenters. The average Bonchev–Trinajstić information content (AvgIpc) is 2.13. The molecular formula is C7H4F10. The third-order valence-electron chi connectivity index (χ3n) is 1.72. The second-order valence-electron chi connectivity index (χ2n) is 2.91. The van der Waals surface area contributed by atoms with Crippen molar-refractivity contribution in [3.63, 3.8) is 0 Å². The summed E-state index contributed by atoms with van der Waals surface area (Å²) in [6.07, 6.45) is -11.5. The maximum Gasteiger partial charge on any atom is 0.460 e. The Morgan fingerprint density at radius 2 is 1.12 bits per heavy atom. The molecule has 0 aromatic heterocycles. The third kappa shape index (κ3) is 2.21. The van der Waals surface area contributed by atoms with E-state index >= 15 is 0 Å². The van der Waals surface area contributed by atoms with Gasteiger partial charge in [0.1, 0.15) is 0 Å². The predicted molar refractivity (Wildman–Crippen MR) is 36.0 cm³/mol. The molecule has 0 aliphatic carbocycles. The van der Waals surface area contributed by atoms with E-state index in [1.165, 1.54) is 0 Å².